The molecule has 0 aliphatic heterocycles. The number of carbonyl (C=O) groups excluding carboxylic acids is 1. The molecule has 0 bridgehead atoms. The zero-order valence-electron chi connectivity index (χ0n) is 13.7. The maximum absolute atomic E-state index is 12.6. The molecule has 8 nitrogen and oxygen atoms in total. The number of nitrogens with zero attached hydrogens (tertiary/aromatic N) is 5. The average molecular weight is 362 g/mol. The molecule has 25 heavy (non-hydrogen) atoms. The van der Waals surface area contributed by atoms with E-state index >= 15 is 0 Å². The molecule has 2 heterocycles. The summed E-state index contributed by atoms with van der Waals surface area (Å²) in [5, 5.41) is 8.58. The first kappa shape index (κ1) is 17.1. The molecule has 1 aromatic carbocycles. The summed E-state index contributed by atoms with van der Waals surface area (Å²) in [6, 6.07) is 6.54. The number of carbonyl (C=O) groups is 1. The fraction of sp³-hybridized carbons (Fsp3) is 0.312. The van der Waals surface area contributed by atoms with Crippen LogP contribution in [0.2, 0.25) is 5.02 Å². The number of ether oxygens (including phenoxy) is 1. The minimum atomic E-state index is -0.740. The van der Waals surface area contributed by atoms with Crippen molar-refractivity contribution in [3.05, 3.63) is 51.5 Å². The van der Waals surface area contributed by atoms with Crippen LogP contribution in [0.4, 0.5) is 0 Å². The summed E-state index contributed by atoms with van der Waals surface area (Å²) in [6.45, 7) is 2.19. The minimum absolute atomic E-state index is 0.110. The molecule has 130 valence electrons. The average Bonchev–Trinajstić information content (AvgIpc) is 3.03. The third-order valence-electron chi connectivity index (χ3n) is 3.89. The second kappa shape index (κ2) is 7.02. The Kier molecular flexibility index (Phi) is 4.80. The van der Waals surface area contributed by atoms with Crippen molar-refractivity contribution in [1.29, 1.82) is 0 Å². The Morgan fingerprint density at radius 1 is 1.32 bits per heavy atom. The first-order chi connectivity index (χ1) is 12.0. The van der Waals surface area contributed by atoms with Crippen LogP contribution < -0.4 is 5.56 Å². The smallest absolute Gasteiger partial charge is 0.329 e. The van der Waals surface area contributed by atoms with Gasteiger partial charge in [0.25, 0.3) is 5.56 Å². The zero-order valence-corrected chi connectivity index (χ0v) is 14.5. The van der Waals surface area contributed by atoms with Gasteiger partial charge >= 0.3 is 5.97 Å². The second-order valence-corrected chi connectivity index (χ2v) is 5.89. The van der Waals surface area contributed by atoms with Gasteiger partial charge < -0.3 is 4.74 Å². The number of hydrogen-bond donors (Lipinski definition) is 0. The van der Waals surface area contributed by atoms with Gasteiger partial charge in [-0.1, -0.05) is 35.9 Å². The van der Waals surface area contributed by atoms with Crippen molar-refractivity contribution >= 4 is 28.7 Å². The molecule has 0 unspecified atom stereocenters. The van der Waals surface area contributed by atoms with Crippen LogP contribution in [0.25, 0.3) is 11.2 Å². The van der Waals surface area contributed by atoms with Crippen LogP contribution in [-0.2, 0) is 16.1 Å². The molecular weight excluding hydrogens is 346 g/mol. The summed E-state index contributed by atoms with van der Waals surface area (Å²) in [4.78, 5) is 28.8. The van der Waals surface area contributed by atoms with Crippen LogP contribution >= 0.6 is 11.6 Å². The van der Waals surface area contributed by atoms with Crippen molar-refractivity contribution in [2.75, 3.05) is 7.11 Å². The largest absolute Gasteiger partial charge is 0.467 e. The Labute approximate surface area is 148 Å². The number of methoxy groups -OCH3 is 1. The number of fused-ring (bicyclic) bond motifs is 1. The first-order valence-corrected chi connectivity index (χ1v) is 8.05. The van der Waals surface area contributed by atoms with Crippen molar-refractivity contribution in [3.8, 4) is 0 Å². The van der Waals surface area contributed by atoms with Crippen LogP contribution in [-0.4, -0.2) is 37.6 Å². The molecule has 1 atom stereocenters. The van der Waals surface area contributed by atoms with E-state index in [1.807, 2.05) is 12.1 Å². The summed E-state index contributed by atoms with van der Waals surface area (Å²) in [5.74, 6) is -0.501. The summed E-state index contributed by atoms with van der Waals surface area (Å²) in [6.07, 6.45) is 1.73. The molecule has 9 heteroatoms. The zero-order chi connectivity index (χ0) is 18.0. The van der Waals surface area contributed by atoms with E-state index in [1.54, 1.807) is 19.1 Å². The van der Waals surface area contributed by atoms with Crippen LogP contribution in [0.15, 0.2) is 35.4 Å². The normalized spacial score (nSPS) is 12.3. The lowest BCUT2D eigenvalue weighted by atomic mass is 10.2. The van der Waals surface area contributed by atoms with Gasteiger partial charge in [0.15, 0.2) is 11.2 Å². The molecule has 0 aliphatic carbocycles. The van der Waals surface area contributed by atoms with E-state index in [1.165, 1.54) is 22.7 Å². The molecule has 0 fully saturated rings. The molecule has 0 N–H and O–H groups in total. The third kappa shape index (κ3) is 3.25. The van der Waals surface area contributed by atoms with Crippen LogP contribution in [0.3, 0.4) is 0 Å². The standard InChI is InChI=1S/C16H16ClN5O3/c1-3-12(16(24)25-2)21-9-18-14-13(15(21)23)19-20-22(14)8-10-4-6-11(17)7-5-10/h4-7,9,12H,3,8H2,1-2H3/t12-/m0/s1. The molecular formula is C16H16ClN5O3. The highest BCUT2D eigenvalue weighted by Gasteiger charge is 2.23. The monoisotopic (exact) mass is 361 g/mol. The summed E-state index contributed by atoms with van der Waals surface area (Å²) in [5.41, 5.74) is 0.988. The van der Waals surface area contributed by atoms with E-state index in [-0.39, 0.29) is 5.52 Å². The predicted octanol–water partition coefficient (Wildman–Crippen LogP) is 1.81. The van der Waals surface area contributed by atoms with E-state index in [2.05, 4.69) is 15.3 Å². The van der Waals surface area contributed by atoms with Gasteiger partial charge in [-0.2, -0.15) is 0 Å². The topological polar surface area (TPSA) is 91.9 Å². The summed E-state index contributed by atoms with van der Waals surface area (Å²) < 4.78 is 7.50. The summed E-state index contributed by atoms with van der Waals surface area (Å²) >= 11 is 5.88. The summed E-state index contributed by atoms with van der Waals surface area (Å²) in [7, 11) is 1.28. The van der Waals surface area contributed by atoms with Gasteiger partial charge in [-0.3, -0.25) is 9.36 Å². The number of halogens is 1. The second-order valence-electron chi connectivity index (χ2n) is 5.45. The Balaban J connectivity index is 2.00. The highest BCUT2D eigenvalue weighted by Crippen LogP contribution is 2.14. The molecule has 0 radical (unpaired) electrons. The highest BCUT2D eigenvalue weighted by molar-refractivity contribution is 6.30. The molecule has 3 rings (SSSR count). The van der Waals surface area contributed by atoms with Crippen LogP contribution in [0.1, 0.15) is 24.9 Å². The maximum atomic E-state index is 12.6. The highest BCUT2D eigenvalue weighted by atomic mass is 35.5. The number of aromatic nitrogens is 5. The van der Waals surface area contributed by atoms with Crippen molar-refractivity contribution in [2.45, 2.75) is 25.9 Å². The number of esters is 1. The fourth-order valence-corrected chi connectivity index (χ4v) is 2.70. The third-order valence-corrected chi connectivity index (χ3v) is 4.14. The van der Waals surface area contributed by atoms with Crippen LogP contribution in [0, 0.1) is 0 Å². The lowest BCUT2D eigenvalue weighted by Gasteiger charge is -2.14. The van der Waals surface area contributed by atoms with Gasteiger partial charge in [0, 0.05) is 5.02 Å². The Morgan fingerprint density at radius 2 is 2.04 bits per heavy atom. The number of rotatable bonds is 5. The number of hydrogen-bond acceptors (Lipinski definition) is 6. The molecule has 2 aromatic heterocycles. The molecule has 0 amide bonds. The van der Waals surface area contributed by atoms with E-state index < -0.39 is 17.6 Å². The van der Waals surface area contributed by atoms with E-state index in [4.69, 9.17) is 16.3 Å². The molecule has 3 aromatic rings. The quantitative estimate of drug-likeness (QED) is 0.643. The number of benzene rings is 1. The minimum Gasteiger partial charge on any atom is -0.467 e. The van der Waals surface area contributed by atoms with Gasteiger partial charge in [-0.15, -0.1) is 5.10 Å². The molecule has 0 aliphatic rings. The van der Waals surface area contributed by atoms with Crippen molar-refractivity contribution < 1.29 is 9.53 Å². The van der Waals surface area contributed by atoms with E-state index in [0.717, 1.165) is 5.56 Å². The van der Waals surface area contributed by atoms with Crippen molar-refractivity contribution in [3.63, 3.8) is 0 Å². The van der Waals surface area contributed by atoms with E-state index in [9.17, 15) is 9.59 Å². The molecule has 0 saturated carbocycles. The lowest BCUT2D eigenvalue weighted by Crippen LogP contribution is -2.30. The predicted molar refractivity (Wildman–Crippen MR) is 91.5 cm³/mol. The SMILES string of the molecule is CC[C@@H](C(=O)OC)n1cnc2c(nnn2Cc2ccc(Cl)cc2)c1=O. The first-order valence-electron chi connectivity index (χ1n) is 7.67. The van der Waals surface area contributed by atoms with Gasteiger partial charge in [-0.25, -0.2) is 14.5 Å². The maximum Gasteiger partial charge on any atom is 0.329 e. The molecule has 0 saturated heterocycles. The Bertz CT molecular complexity index is 964. The van der Waals surface area contributed by atoms with Gasteiger partial charge in [0.2, 0.25) is 0 Å². The van der Waals surface area contributed by atoms with Crippen molar-refractivity contribution in [1.82, 2.24) is 24.5 Å². The van der Waals surface area contributed by atoms with Crippen LogP contribution in [0.5, 0.6) is 0 Å². The van der Waals surface area contributed by atoms with E-state index in [0.29, 0.717) is 23.6 Å². The van der Waals surface area contributed by atoms with Gasteiger partial charge in [-0.05, 0) is 24.1 Å². The molecule has 0 spiro atoms. The van der Waals surface area contributed by atoms with Crippen molar-refractivity contribution in [2.24, 2.45) is 0 Å². The Hall–Kier alpha value is -2.74. The van der Waals surface area contributed by atoms with Gasteiger partial charge in [0.1, 0.15) is 12.4 Å². The Morgan fingerprint density at radius 3 is 2.68 bits per heavy atom. The lowest BCUT2D eigenvalue weighted by molar-refractivity contribution is -0.144. The fourth-order valence-electron chi connectivity index (χ4n) is 2.57. The van der Waals surface area contributed by atoms with Gasteiger partial charge in [0.05, 0.1) is 13.7 Å².